The molecule has 0 unspecified atom stereocenters. The molecule has 0 radical (unpaired) electrons. The molecule has 0 saturated carbocycles. The fourth-order valence-corrected chi connectivity index (χ4v) is 1.18. The van der Waals surface area contributed by atoms with E-state index >= 15 is 0 Å². The van der Waals surface area contributed by atoms with Crippen LogP contribution >= 0.6 is 0 Å². The lowest BCUT2D eigenvalue weighted by atomic mass is 10.4. The van der Waals surface area contributed by atoms with E-state index in [-0.39, 0.29) is 18.3 Å². The van der Waals surface area contributed by atoms with Gasteiger partial charge in [0.05, 0.1) is 6.26 Å². The number of nitrogen functional groups attached to an aromatic ring is 1. The molecule has 8 heteroatoms. The SMILES string of the molecule is Nc1cc(OCc2ccco2)nc(C(F)(F)F)n1. The number of nitrogens with two attached hydrogens (primary N) is 1. The predicted octanol–water partition coefficient (Wildman–Crippen LogP) is 2.25. The van der Waals surface area contributed by atoms with Crippen molar-refractivity contribution in [3.8, 4) is 5.88 Å². The van der Waals surface area contributed by atoms with Crippen molar-refractivity contribution in [1.82, 2.24) is 9.97 Å². The van der Waals surface area contributed by atoms with Gasteiger partial charge < -0.3 is 14.9 Å². The van der Waals surface area contributed by atoms with Crippen molar-refractivity contribution >= 4 is 5.82 Å². The Bertz CT molecular complexity index is 526. The van der Waals surface area contributed by atoms with Crippen LogP contribution in [0.3, 0.4) is 0 Å². The van der Waals surface area contributed by atoms with Gasteiger partial charge in [0.1, 0.15) is 18.2 Å². The molecule has 2 heterocycles. The number of ether oxygens (including phenoxy) is 1. The predicted molar refractivity (Wildman–Crippen MR) is 54.5 cm³/mol. The second kappa shape index (κ2) is 4.55. The van der Waals surface area contributed by atoms with Crippen LogP contribution in [0.1, 0.15) is 11.6 Å². The summed E-state index contributed by atoms with van der Waals surface area (Å²) in [6.07, 6.45) is -3.24. The zero-order chi connectivity index (χ0) is 13.2. The molecule has 0 fully saturated rings. The quantitative estimate of drug-likeness (QED) is 0.915. The highest BCUT2D eigenvalue weighted by Crippen LogP contribution is 2.28. The number of halogens is 3. The minimum absolute atomic E-state index is 0.0409. The molecule has 2 aromatic heterocycles. The summed E-state index contributed by atoms with van der Waals surface area (Å²) in [4.78, 5) is 6.31. The fourth-order valence-electron chi connectivity index (χ4n) is 1.18. The Labute approximate surface area is 99.4 Å². The van der Waals surface area contributed by atoms with Crippen LogP contribution in [0.25, 0.3) is 0 Å². The van der Waals surface area contributed by atoms with Gasteiger partial charge in [-0.2, -0.15) is 18.2 Å². The van der Waals surface area contributed by atoms with Crippen LogP contribution in [-0.2, 0) is 12.8 Å². The zero-order valence-electron chi connectivity index (χ0n) is 8.94. The van der Waals surface area contributed by atoms with Crippen molar-refractivity contribution in [3.05, 3.63) is 36.0 Å². The third-order valence-corrected chi connectivity index (χ3v) is 1.92. The van der Waals surface area contributed by atoms with Crippen molar-refractivity contribution in [1.29, 1.82) is 0 Å². The second-order valence-corrected chi connectivity index (χ2v) is 3.32. The maximum absolute atomic E-state index is 12.4. The Hall–Kier alpha value is -2.25. The van der Waals surface area contributed by atoms with Crippen LogP contribution in [0.2, 0.25) is 0 Å². The zero-order valence-corrected chi connectivity index (χ0v) is 8.94. The lowest BCUT2D eigenvalue weighted by molar-refractivity contribution is -0.145. The van der Waals surface area contributed by atoms with Crippen LogP contribution < -0.4 is 10.5 Å². The van der Waals surface area contributed by atoms with Crippen LogP contribution in [0, 0.1) is 0 Å². The Morgan fingerprint density at radius 1 is 1.33 bits per heavy atom. The first-order chi connectivity index (χ1) is 8.45. The number of hydrogen-bond acceptors (Lipinski definition) is 5. The minimum Gasteiger partial charge on any atom is -0.469 e. The molecule has 0 amide bonds. The van der Waals surface area contributed by atoms with E-state index in [1.807, 2.05) is 0 Å². The third-order valence-electron chi connectivity index (χ3n) is 1.92. The summed E-state index contributed by atoms with van der Waals surface area (Å²) < 4.78 is 47.2. The Kier molecular flexibility index (Phi) is 3.09. The van der Waals surface area contributed by atoms with Gasteiger partial charge in [0.2, 0.25) is 11.7 Å². The topological polar surface area (TPSA) is 74.2 Å². The molecule has 5 nitrogen and oxygen atoms in total. The molecule has 0 atom stereocenters. The number of anilines is 1. The highest BCUT2D eigenvalue weighted by atomic mass is 19.4. The van der Waals surface area contributed by atoms with E-state index in [2.05, 4.69) is 9.97 Å². The molecule has 0 spiro atoms. The van der Waals surface area contributed by atoms with Crippen molar-refractivity contribution in [3.63, 3.8) is 0 Å². The van der Waals surface area contributed by atoms with E-state index < -0.39 is 12.0 Å². The lowest BCUT2D eigenvalue weighted by Gasteiger charge is -2.08. The molecule has 96 valence electrons. The molecular weight excluding hydrogens is 251 g/mol. The van der Waals surface area contributed by atoms with Gasteiger partial charge in [-0.25, -0.2) is 4.98 Å². The van der Waals surface area contributed by atoms with E-state index in [0.29, 0.717) is 5.76 Å². The summed E-state index contributed by atoms with van der Waals surface area (Å²) in [5.41, 5.74) is 5.25. The number of hydrogen-bond donors (Lipinski definition) is 1. The summed E-state index contributed by atoms with van der Waals surface area (Å²) in [5.74, 6) is -1.45. The summed E-state index contributed by atoms with van der Waals surface area (Å²) in [5, 5.41) is 0. The van der Waals surface area contributed by atoms with Crippen LogP contribution in [0.4, 0.5) is 19.0 Å². The molecule has 18 heavy (non-hydrogen) atoms. The van der Waals surface area contributed by atoms with Crippen molar-refractivity contribution in [2.24, 2.45) is 0 Å². The van der Waals surface area contributed by atoms with Crippen LogP contribution in [0.15, 0.2) is 28.9 Å². The van der Waals surface area contributed by atoms with E-state index in [9.17, 15) is 13.2 Å². The maximum atomic E-state index is 12.4. The van der Waals surface area contributed by atoms with Gasteiger partial charge in [0.15, 0.2) is 0 Å². The maximum Gasteiger partial charge on any atom is 0.451 e. The molecule has 0 aromatic carbocycles. The third kappa shape index (κ3) is 2.90. The van der Waals surface area contributed by atoms with Gasteiger partial charge in [0.25, 0.3) is 0 Å². The smallest absolute Gasteiger partial charge is 0.451 e. The molecule has 0 bridgehead atoms. The molecule has 0 aliphatic carbocycles. The fraction of sp³-hybridized carbons (Fsp3) is 0.200. The average Bonchev–Trinajstić information content (AvgIpc) is 2.77. The normalized spacial score (nSPS) is 11.5. The number of rotatable bonds is 3. The summed E-state index contributed by atoms with van der Waals surface area (Å²) in [6, 6.07) is 4.36. The first kappa shape index (κ1) is 12.2. The van der Waals surface area contributed by atoms with Crippen molar-refractivity contribution in [2.75, 3.05) is 5.73 Å². The van der Waals surface area contributed by atoms with E-state index in [1.54, 1.807) is 12.1 Å². The average molecular weight is 259 g/mol. The highest BCUT2D eigenvalue weighted by Gasteiger charge is 2.35. The monoisotopic (exact) mass is 259 g/mol. The number of furan rings is 1. The highest BCUT2D eigenvalue weighted by molar-refractivity contribution is 5.33. The summed E-state index contributed by atoms with van der Waals surface area (Å²) >= 11 is 0. The first-order valence-electron chi connectivity index (χ1n) is 4.82. The summed E-state index contributed by atoms with van der Waals surface area (Å²) in [6.45, 7) is -0.0409. The van der Waals surface area contributed by atoms with E-state index in [0.717, 1.165) is 6.07 Å². The van der Waals surface area contributed by atoms with Crippen molar-refractivity contribution in [2.45, 2.75) is 12.8 Å². The van der Waals surface area contributed by atoms with Gasteiger partial charge in [-0.15, -0.1) is 0 Å². The Morgan fingerprint density at radius 3 is 2.72 bits per heavy atom. The molecule has 0 aliphatic rings. The van der Waals surface area contributed by atoms with Crippen LogP contribution in [0.5, 0.6) is 5.88 Å². The number of alkyl halides is 3. The largest absolute Gasteiger partial charge is 0.469 e. The van der Waals surface area contributed by atoms with Gasteiger partial charge in [-0.1, -0.05) is 0 Å². The summed E-state index contributed by atoms with van der Waals surface area (Å²) in [7, 11) is 0. The molecule has 2 rings (SSSR count). The Balaban J connectivity index is 2.15. The van der Waals surface area contributed by atoms with Gasteiger partial charge in [-0.3, -0.25) is 0 Å². The molecule has 0 saturated heterocycles. The van der Waals surface area contributed by atoms with Crippen LogP contribution in [-0.4, -0.2) is 9.97 Å². The van der Waals surface area contributed by atoms with Crippen molar-refractivity contribution < 1.29 is 22.3 Å². The first-order valence-corrected chi connectivity index (χ1v) is 4.82. The molecular formula is C10H8F3N3O2. The molecule has 0 aliphatic heterocycles. The van der Waals surface area contributed by atoms with Gasteiger partial charge >= 0.3 is 6.18 Å². The standard InChI is InChI=1S/C10H8F3N3O2/c11-10(12,13)9-15-7(14)4-8(16-9)18-5-6-2-1-3-17-6/h1-4H,5H2,(H2,14,15,16). The number of aromatic nitrogens is 2. The number of nitrogens with zero attached hydrogens (tertiary/aromatic N) is 2. The van der Waals surface area contributed by atoms with E-state index in [4.69, 9.17) is 14.9 Å². The van der Waals surface area contributed by atoms with Gasteiger partial charge in [-0.05, 0) is 12.1 Å². The van der Waals surface area contributed by atoms with Gasteiger partial charge in [0, 0.05) is 6.07 Å². The lowest BCUT2D eigenvalue weighted by Crippen LogP contribution is -2.13. The minimum atomic E-state index is -4.67. The van der Waals surface area contributed by atoms with E-state index in [1.165, 1.54) is 6.26 Å². The Morgan fingerprint density at radius 2 is 2.11 bits per heavy atom. The molecule has 2 N–H and O–H groups in total. The second-order valence-electron chi connectivity index (χ2n) is 3.32. The molecule has 2 aromatic rings.